The number of carbonyl (C=O) groups is 1. The summed E-state index contributed by atoms with van der Waals surface area (Å²) in [5, 5.41) is 11.3. The number of pyridine rings is 1. The maximum atomic E-state index is 14.1. The highest BCUT2D eigenvalue weighted by Gasteiger charge is 2.21. The molecule has 1 amide bonds. The van der Waals surface area contributed by atoms with Crippen molar-refractivity contribution in [3.8, 4) is 6.07 Å². The van der Waals surface area contributed by atoms with Crippen LogP contribution in [0.25, 0.3) is 0 Å². The van der Waals surface area contributed by atoms with Crippen LogP contribution in [0.5, 0.6) is 0 Å². The van der Waals surface area contributed by atoms with E-state index in [0.717, 1.165) is 0 Å². The second-order valence-electron chi connectivity index (χ2n) is 4.82. The monoisotopic (exact) mass is 278 g/mol. The van der Waals surface area contributed by atoms with Gasteiger partial charge >= 0.3 is 0 Å². The zero-order valence-corrected chi connectivity index (χ0v) is 12.0. The summed E-state index contributed by atoms with van der Waals surface area (Å²) in [4.78, 5) is 17.7. The second kappa shape index (κ2) is 7.43. The Morgan fingerprint density at radius 3 is 2.85 bits per heavy atom. The Hall–Kier alpha value is -2.16. The lowest BCUT2D eigenvalue weighted by Crippen LogP contribution is -2.35. The summed E-state index contributed by atoms with van der Waals surface area (Å²) < 4.78 is 14.1. The van der Waals surface area contributed by atoms with E-state index in [1.54, 1.807) is 7.05 Å². The van der Waals surface area contributed by atoms with Gasteiger partial charge in [0.25, 0.3) is 5.91 Å². The molecule has 0 bridgehead atoms. The van der Waals surface area contributed by atoms with Crippen molar-refractivity contribution in [1.82, 2.24) is 9.88 Å². The van der Waals surface area contributed by atoms with Crippen molar-refractivity contribution in [3.63, 3.8) is 0 Å². The molecule has 0 saturated carbocycles. The largest absolute Gasteiger partial charge is 0.371 e. The molecular weight excluding hydrogens is 259 g/mol. The molecule has 1 heterocycles. The van der Waals surface area contributed by atoms with E-state index < -0.39 is 11.7 Å². The summed E-state index contributed by atoms with van der Waals surface area (Å²) >= 11 is 0. The molecule has 0 fully saturated rings. The van der Waals surface area contributed by atoms with Gasteiger partial charge in [0, 0.05) is 26.3 Å². The first-order valence-corrected chi connectivity index (χ1v) is 6.49. The first-order chi connectivity index (χ1) is 9.51. The number of halogens is 1. The van der Waals surface area contributed by atoms with E-state index in [1.807, 2.05) is 19.9 Å². The van der Waals surface area contributed by atoms with E-state index in [0.29, 0.717) is 13.1 Å². The van der Waals surface area contributed by atoms with Crippen LogP contribution in [0.3, 0.4) is 0 Å². The van der Waals surface area contributed by atoms with Crippen LogP contribution in [0.1, 0.15) is 30.6 Å². The van der Waals surface area contributed by atoms with Gasteiger partial charge in [-0.3, -0.25) is 4.79 Å². The number of amides is 1. The molecule has 1 aromatic heterocycles. The van der Waals surface area contributed by atoms with Gasteiger partial charge in [-0.25, -0.2) is 9.37 Å². The molecule has 0 aliphatic carbocycles. The van der Waals surface area contributed by atoms with E-state index in [-0.39, 0.29) is 23.7 Å². The fourth-order valence-corrected chi connectivity index (χ4v) is 1.86. The van der Waals surface area contributed by atoms with Gasteiger partial charge in [0.05, 0.1) is 18.1 Å². The van der Waals surface area contributed by atoms with Crippen molar-refractivity contribution in [2.24, 2.45) is 5.92 Å². The second-order valence-corrected chi connectivity index (χ2v) is 4.82. The number of nitriles is 1. The first-order valence-electron chi connectivity index (χ1n) is 6.49. The first kappa shape index (κ1) is 15.9. The average Bonchev–Trinajstić information content (AvgIpc) is 2.42. The smallest absolute Gasteiger partial charge is 0.257 e. The van der Waals surface area contributed by atoms with E-state index in [1.165, 1.54) is 17.2 Å². The van der Waals surface area contributed by atoms with Gasteiger partial charge in [0.1, 0.15) is 0 Å². The van der Waals surface area contributed by atoms with E-state index >= 15 is 0 Å². The third-order valence-electron chi connectivity index (χ3n) is 2.72. The average molecular weight is 278 g/mol. The van der Waals surface area contributed by atoms with Gasteiger partial charge in [-0.2, -0.15) is 5.26 Å². The van der Waals surface area contributed by atoms with Crippen LogP contribution < -0.4 is 5.32 Å². The maximum absolute atomic E-state index is 14.1. The SMILES string of the molecule is CNc1nccc(C(=O)N(CCC#N)CC(C)C)c1F. The Morgan fingerprint density at radius 2 is 2.30 bits per heavy atom. The Labute approximate surface area is 118 Å². The Bertz CT molecular complexity index is 510. The van der Waals surface area contributed by atoms with Crippen LogP contribution in [0.15, 0.2) is 12.3 Å². The molecular formula is C14H19FN4O. The van der Waals surface area contributed by atoms with Crippen molar-refractivity contribution < 1.29 is 9.18 Å². The molecule has 0 radical (unpaired) electrons. The highest BCUT2D eigenvalue weighted by molar-refractivity contribution is 5.95. The molecule has 0 unspecified atom stereocenters. The molecule has 0 aliphatic heterocycles. The van der Waals surface area contributed by atoms with Crippen LogP contribution in [-0.4, -0.2) is 35.9 Å². The fourth-order valence-electron chi connectivity index (χ4n) is 1.86. The summed E-state index contributed by atoms with van der Waals surface area (Å²) in [5.74, 6) is -0.789. The summed E-state index contributed by atoms with van der Waals surface area (Å²) in [5.41, 5.74) is -0.0251. The molecule has 0 aliphatic rings. The molecule has 5 nitrogen and oxygen atoms in total. The summed E-state index contributed by atoms with van der Waals surface area (Å²) in [7, 11) is 1.54. The number of nitrogens with zero attached hydrogens (tertiary/aromatic N) is 3. The van der Waals surface area contributed by atoms with Gasteiger partial charge < -0.3 is 10.2 Å². The predicted molar refractivity (Wildman–Crippen MR) is 74.7 cm³/mol. The molecule has 108 valence electrons. The van der Waals surface area contributed by atoms with Crippen molar-refractivity contribution in [2.75, 3.05) is 25.5 Å². The third-order valence-corrected chi connectivity index (χ3v) is 2.72. The number of aromatic nitrogens is 1. The third kappa shape index (κ3) is 3.92. The number of rotatable bonds is 6. The molecule has 0 saturated heterocycles. The van der Waals surface area contributed by atoms with Crippen molar-refractivity contribution in [2.45, 2.75) is 20.3 Å². The van der Waals surface area contributed by atoms with Crippen LogP contribution in [0.2, 0.25) is 0 Å². The van der Waals surface area contributed by atoms with E-state index in [9.17, 15) is 9.18 Å². The van der Waals surface area contributed by atoms with Gasteiger partial charge in [-0.05, 0) is 12.0 Å². The predicted octanol–water partition coefficient (Wildman–Crippen LogP) is 2.27. The fraction of sp³-hybridized carbons (Fsp3) is 0.500. The standard InChI is InChI=1S/C14H19FN4O/c1-10(2)9-19(8-4-6-16)14(20)11-5-7-18-13(17-3)12(11)15/h5,7,10H,4,8-9H2,1-3H3,(H,17,18). The van der Waals surface area contributed by atoms with Gasteiger partial charge in [-0.1, -0.05) is 13.8 Å². The van der Waals surface area contributed by atoms with Crippen molar-refractivity contribution in [1.29, 1.82) is 5.26 Å². The molecule has 1 N–H and O–H groups in total. The van der Waals surface area contributed by atoms with Crippen molar-refractivity contribution in [3.05, 3.63) is 23.6 Å². The number of hydrogen-bond acceptors (Lipinski definition) is 4. The minimum absolute atomic E-state index is 0.0251. The molecule has 1 rings (SSSR count). The number of anilines is 1. The molecule has 0 atom stereocenters. The minimum atomic E-state index is -0.661. The summed E-state index contributed by atoms with van der Waals surface area (Å²) in [6.45, 7) is 4.71. The van der Waals surface area contributed by atoms with Crippen molar-refractivity contribution >= 4 is 11.7 Å². The van der Waals surface area contributed by atoms with E-state index in [2.05, 4.69) is 10.3 Å². The van der Waals surface area contributed by atoms with Gasteiger partial charge in [-0.15, -0.1) is 0 Å². The summed E-state index contributed by atoms with van der Waals surface area (Å²) in [6, 6.07) is 3.36. The normalized spacial score (nSPS) is 10.2. The van der Waals surface area contributed by atoms with Gasteiger partial charge in [0.15, 0.2) is 11.6 Å². The molecule has 0 spiro atoms. The maximum Gasteiger partial charge on any atom is 0.257 e. The van der Waals surface area contributed by atoms with Gasteiger partial charge in [0.2, 0.25) is 0 Å². The van der Waals surface area contributed by atoms with E-state index in [4.69, 9.17) is 5.26 Å². The number of nitrogens with one attached hydrogen (secondary N) is 1. The van der Waals surface area contributed by atoms with Crippen LogP contribution >= 0.6 is 0 Å². The number of carbonyl (C=O) groups excluding carboxylic acids is 1. The lowest BCUT2D eigenvalue weighted by Gasteiger charge is -2.24. The molecule has 6 heteroatoms. The quantitative estimate of drug-likeness (QED) is 0.866. The van der Waals surface area contributed by atoms with Crippen LogP contribution in [0, 0.1) is 23.1 Å². The number of hydrogen-bond donors (Lipinski definition) is 1. The van der Waals surface area contributed by atoms with Crippen LogP contribution in [0.4, 0.5) is 10.2 Å². The Kier molecular flexibility index (Phi) is 5.91. The lowest BCUT2D eigenvalue weighted by atomic mass is 10.1. The Balaban J connectivity index is 3.02. The zero-order valence-electron chi connectivity index (χ0n) is 12.0. The highest BCUT2D eigenvalue weighted by atomic mass is 19.1. The van der Waals surface area contributed by atoms with Crippen LogP contribution in [-0.2, 0) is 0 Å². The molecule has 1 aromatic rings. The molecule has 0 aromatic carbocycles. The summed E-state index contributed by atoms with van der Waals surface area (Å²) in [6.07, 6.45) is 1.62. The lowest BCUT2D eigenvalue weighted by molar-refractivity contribution is 0.0735. The zero-order chi connectivity index (χ0) is 15.1. The molecule has 20 heavy (non-hydrogen) atoms. The minimum Gasteiger partial charge on any atom is -0.371 e. The topological polar surface area (TPSA) is 69.0 Å². The highest BCUT2D eigenvalue weighted by Crippen LogP contribution is 2.17. The Morgan fingerprint density at radius 1 is 1.60 bits per heavy atom.